The zero-order valence-corrected chi connectivity index (χ0v) is 12.4. The van der Waals surface area contributed by atoms with Gasteiger partial charge in [-0.15, -0.1) is 0 Å². The Balaban J connectivity index is 2.26. The first-order valence-electron chi connectivity index (χ1n) is 5.89. The van der Waals surface area contributed by atoms with E-state index in [9.17, 15) is 4.79 Å². The lowest BCUT2D eigenvalue weighted by Crippen LogP contribution is -2.40. The average molecular weight is 357 g/mol. The van der Waals surface area contributed by atoms with Crippen molar-refractivity contribution < 1.29 is 9.53 Å². The smallest absolute Gasteiger partial charge is 0.235 e. The molecule has 0 saturated carbocycles. The van der Waals surface area contributed by atoms with Crippen molar-refractivity contribution in [3.8, 4) is 0 Å². The summed E-state index contributed by atoms with van der Waals surface area (Å²) in [6.45, 7) is 5.77. The van der Waals surface area contributed by atoms with Gasteiger partial charge in [0.1, 0.15) is 6.10 Å². The molecule has 0 aromatic heterocycles. The van der Waals surface area contributed by atoms with Crippen LogP contribution in [0.5, 0.6) is 0 Å². The molecule has 96 valence electrons. The zero-order valence-electron chi connectivity index (χ0n) is 10.3. The van der Waals surface area contributed by atoms with E-state index in [-0.39, 0.29) is 24.3 Å². The number of alkyl halides is 1. The van der Waals surface area contributed by atoms with Crippen LogP contribution >= 0.6 is 22.6 Å². The van der Waals surface area contributed by atoms with Gasteiger partial charge in [0, 0.05) is 0 Å². The van der Waals surface area contributed by atoms with Crippen LogP contribution in [0.2, 0.25) is 0 Å². The Morgan fingerprint density at radius 2 is 2.17 bits per heavy atom. The lowest BCUT2D eigenvalue weighted by Gasteiger charge is -2.24. The quantitative estimate of drug-likeness (QED) is 0.473. The second-order valence-electron chi connectivity index (χ2n) is 4.27. The highest BCUT2D eigenvalue weighted by Gasteiger charge is 2.40. The van der Waals surface area contributed by atoms with E-state index in [1.54, 1.807) is 11.0 Å². The molecule has 0 bridgehead atoms. The van der Waals surface area contributed by atoms with Crippen molar-refractivity contribution in [1.82, 2.24) is 4.90 Å². The molecule has 1 amide bonds. The first-order valence-corrected chi connectivity index (χ1v) is 7.41. The van der Waals surface area contributed by atoms with Gasteiger partial charge in [-0.2, -0.15) is 0 Å². The Morgan fingerprint density at radius 3 is 2.72 bits per heavy atom. The van der Waals surface area contributed by atoms with Crippen molar-refractivity contribution in [3.05, 3.63) is 48.6 Å². The summed E-state index contributed by atoms with van der Waals surface area (Å²) in [5, 5.41) is 0. The van der Waals surface area contributed by atoms with Gasteiger partial charge in [0.25, 0.3) is 0 Å². The Hall–Kier alpha value is -0.880. The summed E-state index contributed by atoms with van der Waals surface area (Å²) >= 11 is 2.08. The van der Waals surface area contributed by atoms with E-state index in [4.69, 9.17) is 4.74 Å². The summed E-state index contributed by atoms with van der Waals surface area (Å²) in [6, 6.07) is 10.0. The maximum Gasteiger partial charge on any atom is 0.235 e. The van der Waals surface area contributed by atoms with Crippen molar-refractivity contribution in [2.45, 2.75) is 25.3 Å². The molecule has 0 N–H and O–H groups in total. The molecule has 1 aromatic carbocycles. The highest BCUT2D eigenvalue weighted by Crippen LogP contribution is 2.35. The number of nitrogens with zero attached hydrogens (tertiary/aromatic N) is 1. The van der Waals surface area contributed by atoms with Crippen LogP contribution in [0.15, 0.2) is 43.0 Å². The van der Waals surface area contributed by atoms with Crippen molar-refractivity contribution >= 4 is 28.5 Å². The molecule has 1 aromatic rings. The van der Waals surface area contributed by atoms with Gasteiger partial charge >= 0.3 is 0 Å². The summed E-state index contributed by atoms with van der Waals surface area (Å²) in [6.07, 6.45) is 1.28. The van der Waals surface area contributed by atoms with Gasteiger partial charge in [-0.1, -0.05) is 59.5 Å². The van der Waals surface area contributed by atoms with Gasteiger partial charge in [0.15, 0.2) is 6.23 Å². The normalized spacial score (nSPS) is 27.2. The van der Waals surface area contributed by atoms with E-state index in [0.717, 1.165) is 5.56 Å². The first-order chi connectivity index (χ1) is 8.69. The fraction of sp³-hybridized carbons (Fsp3) is 0.357. The fourth-order valence-electron chi connectivity index (χ4n) is 2.31. The number of hydrogen-bond acceptors (Lipinski definition) is 2. The summed E-state index contributed by atoms with van der Waals surface area (Å²) < 4.78 is 6.38. The number of rotatable bonds is 3. The third-order valence-corrected chi connectivity index (χ3v) is 3.82. The number of benzene rings is 1. The lowest BCUT2D eigenvalue weighted by atomic mass is 10.0. The molecule has 3 atom stereocenters. The first kappa shape index (κ1) is 13.5. The minimum Gasteiger partial charge on any atom is -0.345 e. The van der Waals surface area contributed by atoms with E-state index in [2.05, 4.69) is 29.2 Å². The van der Waals surface area contributed by atoms with E-state index in [1.807, 2.05) is 37.3 Å². The molecule has 1 fully saturated rings. The van der Waals surface area contributed by atoms with Crippen molar-refractivity contribution in [2.24, 2.45) is 0 Å². The number of amides is 1. The molecular weight excluding hydrogens is 341 g/mol. The van der Waals surface area contributed by atoms with Crippen LogP contribution in [0.3, 0.4) is 0 Å². The van der Waals surface area contributed by atoms with E-state index in [1.165, 1.54) is 0 Å². The third-order valence-electron chi connectivity index (χ3n) is 3.17. The molecule has 1 aliphatic rings. The van der Waals surface area contributed by atoms with Crippen LogP contribution in [0.25, 0.3) is 0 Å². The molecule has 18 heavy (non-hydrogen) atoms. The summed E-state index contributed by atoms with van der Waals surface area (Å²) in [5.74, 6) is 0.0893. The van der Waals surface area contributed by atoms with Crippen LogP contribution < -0.4 is 0 Å². The van der Waals surface area contributed by atoms with Crippen LogP contribution in [-0.2, 0) is 9.53 Å². The van der Waals surface area contributed by atoms with Gasteiger partial charge in [-0.25, -0.2) is 0 Å². The Kier molecular flexibility index (Phi) is 4.40. The molecule has 1 saturated heterocycles. The SMILES string of the molecule is C=CC1O[C@H](c2ccccc2)[C@H](C)N1C(=O)CI. The Morgan fingerprint density at radius 1 is 1.50 bits per heavy atom. The predicted molar refractivity (Wildman–Crippen MR) is 79.4 cm³/mol. The van der Waals surface area contributed by atoms with Crippen molar-refractivity contribution in [2.75, 3.05) is 4.43 Å². The lowest BCUT2D eigenvalue weighted by molar-refractivity contribution is -0.132. The highest BCUT2D eigenvalue weighted by atomic mass is 127. The highest BCUT2D eigenvalue weighted by molar-refractivity contribution is 14.1. The molecular formula is C14H16INO2. The Bertz CT molecular complexity index is 435. The fourth-order valence-corrected chi connectivity index (χ4v) is 2.71. The minimum absolute atomic E-state index is 0.0256. The molecule has 4 heteroatoms. The molecule has 0 spiro atoms. The van der Waals surface area contributed by atoms with Crippen molar-refractivity contribution in [3.63, 3.8) is 0 Å². The largest absolute Gasteiger partial charge is 0.345 e. The van der Waals surface area contributed by atoms with Crippen LogP contribution in [-0.4, -0.2) is 27.5 Å². The molecule has 1 aliphatic heterocycles. The van der Waals surface area contributed by atoms with Gasteiger partial charge in [-0.05, 0) is 18.6 Å². The monoisotopic (exact) mass is 357 g/mol. The van der Waals surface area contributed by atoms with E-state index >= 15 is 0 Å². The molecule has 0 aliphatic carbocycles. The summed E-state index contributed by atoms with van der Waals surface area (Å²) in [5.41, 5.74) is 1.10. The molecule has 1 heterocycles. The second kappa shape index (κ2) is 5.84. The predicted octanol–water partition coefficient (Wildman–Crippen LogP) is 2.92. The number of halogens is 1. The van der Waals surface area contributed by atoms with E-state index in [0.29, 0.717) is 4.43 Å². The standard InChI is InChI=1S/C14H16INO2/c1-3-13-16(12(17)9-15)10(2)14(18-13)11-7-5-4-6-8-11/h3-8,10,13-14H,1,9H2,2H3/t10-,13?,14-/m0/s1. The number of carbonyl (C=O) groups excluding carboxylic acids is 1. The number of carbonyl (C=O) groups is 1. The average Bonchev–Trinajstić information content (AvgIpc) is 2.76. The van der Waals surface area contributed by atoms with Gasteiger partial charge in [0.05, 0.1) is 10.5 Å². The number of hydrogen-bond donors (Lipinski definition) is 0. The van der Waals surface area contributed by atoms with Crippen LogP contribution in [0.1, 0.15) is 18.6 Å². The molecule has 3 nitrogen and oxygen atoms in total. The van der Waals surface area contributed by atoms with Crippen LogP contribution in [0.4, 0.5) is 0 Å². The van der Waals surface area contributed by atoms with Crippen molar-refractivity contribution in [1.29, 1.82) is 0 Å². The summed E-state index contributed by atoms with van der Waals surface area (Å²) in [7, 11) is 0. The number of ether oxygens (including phenoxy) is 1. The topological polar surface area (TPSA) is 29.5 Å². The molecule has 1 unspecified atom stereocenters. The summed E-state index contributed by atoms with van der Waals surface area (Å²) in [4.78, 5) is 13.7. The van der Waals surface area contributed by atoms with Gasteiger partial charge < -0.3 is 9.64 Å². The third kappa shape index (κ3) is 2.44. The molecule has 2 rings (SSSR count). The molecule has 0 radical (unpaired) electrons. The van der Waals surface area contributed by atoms with E-state index < -0.39 is 0 Å². The maximum absolute atomic E-state index is 12.0. The van der Waals surface area contributed by atoms with Crippen LogP contribution in [0, 0.1) is 0 Å². The zero-order chi connectivity index (χ0) is 13.1. The minimum atomic E-state index is -0.326. The second-order valence-corrected chi connectivity index (χ2v) is 5.03. The van der Waals surface area contributed by atoms with Gasteiger partial charge in [0.2, 0.25) is 5.91 Å². The van der Waals surface area contributed by atoms with Gasteiger partial charge in [-0.3, -0.25) is 4.79 Å². The maximum atomic E-state index is 12.0. The Labute approximate surface area is 121 Å².